The van der Waals surface area contributed by atoms with Gasteiger partial charge in [-0.25, -0.2) is 0 Å². The van der Waals surface area contributed by atoms with Gasteiger partial charge in [0.1, 0.15) is 17.5 Å². The van der Waals surface area contributed by atoms with Gasteiger partial charge in [-0.15, -0.1) is 0 Å². The minimum absolute atomic E-state index is 0.00951. The van der Waals surface area contributed by atoms with E-state index in [2.05, 4.69) is 5.32 Å². The Morgan fingerprint density at radius 2 is 1.72 bits per heavy atom. The minimum Gasteiger partial charge on any atom is -0.497 e. The van der Waals surface area contributed by atoms with Crippen LogP contribution in [0.1, 0.15) is 37.0 Å². The first kappa shape index (κ1) is 22.8. The molecule has 2 amide bonds. The van der Waals surface area contributed by atoms with Crippen LogP contribution in [-0.4, -0.2) is 56.2 Å². The maximum Gasteiger partial charge on any atom is 0.393 e. The SMILES string of the molecule is COc1cc(OC)cc(C(=O)N[C@H](C(=O)N2CCC[C@H](C(F)(F)F)C2)C(C)C)c1. The zero-order chi connectivity index (χ0) is 21.8. The van der Waals surface area contributed by atoms with Crippen molar-refractivity contribution in [3.05, 3.63) is 23.8 Å². The Hall–Kier alpha value is -2.45. The summed E-state index contributed by atoms with van der Waals surface area (Å²) in [7, 11) is 2.90. The molecule has 0 unspecified atom stereocenters. The molecule has 2 rings (SSSR count). The number of alkyl halides is 3. The number of carbonyl (C=O) groups is 2. The van der Waals surface area contributed by atoms with Crippen molar-refractivity contribution < 1.29 is 32.2 Å². The van der Waals surface area contributed by atoms with E-state index in [9.17, 15) is 22.8 Å². The molecule has 1 heterocycles. The van der Waals surface area contributed by atoms with Gasteiger partial charge in [0, 0.05) is 24.7 Å². The number of likely N-dealkylation sites (tertiary alicyclic amines) is 1. The number of rotatable bonds is 6. The van der Waals surface area contributed by atoms with Crippen LogP contribution in [0.5, 0.6) is 11.5 Å². The maximum absolute atomic E-state index is 13.1. The molecular weight excluding hydrogens is 389 g/mol. The van der Waals surface area contributed by atoms with Crippen molar-refractivity contribution in [2.45, 2.75) is 38.9 Å². The molecule has 0 radical (unpaired) electrons. The largest absolute Gasteiger partial charge is 0.497 e. The van der Waals surface area contributed by atoms with Gasteiger partial charge in [0.15, 0.2) is 0 Å². The molecule has 1 aromatic carbocycles. The maximum atomic E-state index is 13.1. The molecule has 0 saturated carbocycles. The monoisotopic (exact) mass is 416 g/mol. The van der Waals surface area contributed by atoms with E-state index >= 15 is 0 Å². The van der Waals surface area contributed by atoms with Crippen molar-refractivity contribution in [2.24, 2.45) is 11.8 Å². The molecule has 0 aliphatic carbocycles. The average Bonchev–Trinajstić information content (AvgIpc) is 2.70. The highest BCUT2D eigenvalue weighted by Gasteiger charge is 2.43. The lowest BCUT2D eigenvalue weighted by Gasteiger charge is -2.36. The van der Waals surface area contributed by atoms with Crippen LogP contribution in [0.4, 0.5) is 13.2 Å². The molecule has 0 spiro atoms. The van der Waals surface area contributed by atoms with Crippen LogP contribution >= 0.6 is 0 Å². The number of nitrogens with zero attached hydrogens (tertiary/aromatic N) is 1. The van der Waals surface area contributed by atoms with Gasteiger partial charge in [0.25, 0.3) is 5.91 Å². The topological polar surface area (TPSA) is 67.9 Å². The highest BCUT2D eigenvalue weighted by molar-refractivity contribution is 5.98. The van der Waals surface area contributed by atoms with Crippen molar-refractivity contribution in [3.8, 4) is 11.5 Å². The van der Waals surface area contributed by atoms with Crippen LogP contribution in [0.25, 0.3) is 0 Å². The third-order valence-corrected chi connectivity index (χ3v) is 5.03. The Labute approximate surface area is 168 Å². The van der Waals surface area contributed by atoms with E-state index in [1.54, 1.807) is 19.9 Å². The number of methoxy groups -OCH3 is 2. The van der Waals surface area contributed by atoms with Crippen molar-refractivity contribution in [2.75, 3.05) is 27.3 Å². The third kappa shape index (κ3) is 5.77. The summed E-state index contributed by atoms with van der Waals surface area (Å²) < 4.78 is 49.5. The molecule has 29 heavy (non-hydrogen) atoms. The van der Waals surface area contributed by atoms with E-state index in [1.165, 1.54) is 31.3 Å². The van der Waals surface area contributed by atoms with Gasteiger partial charge in [-0.05, 0) is 30.9 Å². The number of piperidine rings is 1. The van der Waals surface area contributed by atoms with Crippen LogP contribution < -0.4 is 14.8 Å². The van der Waals surface area contributed by atoms with Crippen LogP contribution in [0.3, 0.4) is 0 Å². The van der Waals surface area contributed by atoms with E-state index in [-0.39, 0.29) is 37.4 Å². The average molecular weight is 416 g/mol. The number of ether oxygens (including phenoxy) is 2. The zero-order valence-electron chi connectivity index (χ0n) is 17.0. The van der Waals surface area contributed by atoms with Gasteiger partial charge < -0.3 is 19.7 Å². The van der Waals surface area contributed by atoms with E-state index in [0.29, 0.717) is 11.5 Å². The number of carbonyl (C=O) groups excluding carboxylic acids is 2. The van der Waals surface area contributed by atoms with Crippen molar-refractivity contribution in [3.63, 3.8) is 0 Å². The Kier molecular flexibility index (Phi) is 7.37. The van der Waals surface area contributed by atoms with E-state index < -0.39 is 30.0 Å². The fourth-order valence-corrected chi connectivity index (χ4v) is 3.32. The first-order valence-corrected chi connectivity index (χ1v) is 9.46. The molecule has 6 nitrogen and oxygen atoms in total. The Bertz CT molecular complexity index is 715. The molecule has 1 fully saturated rings. The molecule has 1 aliphatic heterocycles. The van der Waals surface area contributed by atoms with Crippen molar-refractivity contribution >= 4 is 11.8 Å². The van der Waals surface area contributed by atoms with Crippen LogP contribution in [-0.2, 0) is 4.79 Å². The number of hydrogen-bond donors (Lipinski definition) is 1. The normalized spacial score (nSPS) is 18.3. The summed E-state index contributed by atoms with van der Waals surface area (Å²) in [6.45, 7) is 3.34. The summed E-state index contributed by atoms with van der Waals surface area (Å²) in [6.07, 6.45) is -4.05. The van der Waals surface area contributed by atoms with Gasteiger partial charge in [-0.2, -0.15) is 13.2 Å². The predicted molar refractivity (Wildman–Crippen MR) is 101 cm³/mol. The minimum atomic E-state index is -4.34. The molecule has 1 aliphatic rings. The van der Waals surface area contributed by atoms with Gasteiger partial charge in [0.2, 0.25) is 5.91 Å². The van der Waals surface area contributed by atoms with E-state index in [4.69, 9.17) is 9.47 Å². The smallest absolute Gasteiger partial charge is 0.393 e. The summed E-state index contributed by atoms with van der Waals surface area (Å²) in [4.78, 5) is 26.9. The quantitative estimate of drug-likeness (QED) is 0.773. The molecular formula is C20H27F3N2O4. The second-order valence-electron chi connectivity index (χ2n) is 7.46. The summed E-state index contributed by atoms with van der Waals surface area (Å²) in [6, 6.07) is 3.67. The number of amides is 2. The van der Waals surface area contributed by atoms with Crippen molar-refractivity contribution in [1.82, 2.24) is 10.2 Å². The van der Waals surface area contributed by atoms with Crippen LogP contribution in [0.2, 0.25) is 0 Å². The lowest BCUT2D eigenvalue weighted by atomic mass is 9.95. The van der Waals surface area contributed by atoms with Crippen LogP contribution in [0.15, 0.2) is 18.2 Å². The second-order valence-corrected chi connectivity index (χ2v) is 7.46. The standard InChI is InChI=1S/C20H27F3N2O4/c1-12(2)17(19(27)25-7-5-6-14(11-25)20(21,22)23)24-18(26)13-8-15(28-3)10-16(9-13)29-4/h8-10,12,14,17H,5-7,11H2,1-4H3,(H,24,26)/t14-,17-/m0/s1. The molecule has 0 bridgehead atoms. The second kappa shape index (κ2) is 9.37. The number of halogens is 3. The zero-order valence-corrected chi connectivity index (χ0v) is 17.0. The molecule has 162 valence electrons. The first-order chi connectivity index (χ1) is 13.6. The summed E-state index contributed by atoms with van der Waals surface area (Å²) in [5.74, 6) is -2.05. The van der Waals surface area contributed by atoms with Gasteiger partial charge in [-0.1, -0.05) is 13.8 Å². The fourth-order valence-electron chi connectivity index (χ4n) is 3.32. The Balaban J connectivity index is 2.17. The number of nitrogens with one attached hydrogen (secondary N) is 1. The van der Waals surface area contributed by atoms with Crippen LogP contribution in [0, 0.1) is 11.8 Å². The molecule has 1 N–H and O–H groups in total. The van der Waals surface area contributed by atoms with Gasteiger partial charge in [0.05, 0.1) is 20.1 Å². The molecule has 0 aromatic heterocycles. The first-order valence-electron chi connectivity index (χ1n) is 9.46. The van der Waals surface area contributed by atoms with Crippen molar-refractivity contribution in [1.29, 1.82) is 0 Å². The number of hydrogen-bond acceptors (Lipinski definition) is 4. The lowest BCUT2D eigenvalue weighted by Crippen LogP contribution is -2.54. The summed E-state index contributed by atoms with van der Waals surface area (Å²) in [5, 5.41) is 2.66. The van der Waals surface area contributed by atoms with Gasteiger partial charge in [-0.3, -0.25) is 9.59 Å². The lowest BCUT2D eigenvalue weighted by molar-refractivity contribution is -0.188. The highest BCUT2D eigenvalue weighted by atomic mass is 19.4. The van der Waals surface area contributed by atoms with E-state index in [1.807, 2.05) is 0 Å². The number of benzene rings is 1. The van der Waals surface area contributed by atoms with E-state index in [0.717, 1.165) is 0 Å². The fraction of sp³-hybridized carbons (Fsp3) is 0.600. The Morgan fingerprint density at radius 1 is 1.14 bits per heavy atom. The third-order valence-electron chi connectivity index (χ3n) is 5.03. The highest BCUT2D eigenvalue weighted by Crippen LogP contribution is 2.33. The predicted octanol–water partition coefficient (Wildman–Crippen LogP) is 3.26. The summed E-state index contributed by atoms with van der Waals surface area (Å²) in [5.41, 5.74) is 0.228. The summed E-state index contributed by atoms with van der Waals surface area (Å²) >= 11 is 0. The molecule has 1 saturated heterocycles. The van der Waals surface area contributed by atoms with Gasteiger partial charge >= 0.3 is 6.18 Å². The molecule has 1 aromatic rings. The Morgan fingerprint density at radius 3 is 2.21 bits per heavy atom. The molecule has 2 atom stereocenters. The molecule has 9 heteroatoms.